The van der Waals surface area contributed by atoms with Gasteiger partial charge in [-0.05, 0) is 63.1 Å². The molecule has 0 fully saturated rings. The Morgan fingerprint density at radius 3 is 2.47 bits per heavy atom. The van der Waals surface area contributed by atoms with Crippen molar-refractivity contribution < 1.29 is 18.0 Å². The standard InChI is InChI=1S/C22H30N4O4S2/c1-5-11-26-12-10-17-18(13-26)31-22(19(17)20(23)27)24-21(28)15-6-8-16(9-7-15)32(29,30)25(4)14(2)3/h6-9,14H,5,10-13H2,1-4H3,(H2,23,27)(H,24,28). The van der Waals surface area contributed by atoms with Crippen molar-refractivity contribution in [3.63, 3.8) is 0 Å². The third-order valence-electron chi connectivity index (χ3n) is 5.67. The minimum absolute atomic E-state index is 0.116. The van der Waals surface area contributed by atoms with Gasteiger partial charge in [0.15, 0.2) is 0 Å². The highest BCUT2D eigenvalue weighted by molar-refractivity contribution is 7.89. The number of sulfonamides is 1. The molecule has 1 aliphatic heterocycles. The summed E-state index contributed by atoms with van der Waals surface area (Å²) in [7, 11) is -2.11. The van der Waals surface area contributed by atoms with Crippen LogP contribution in [0.25, 0.3) is 0 Å². The molecule has 1 aromatic carbocycles. The van der Waals surface area contributed by atoms with E-state index in [-0.39, 0.29) is 10.9 Å². The highest BCUT2D eigenvalue weighted by atomic mass is 32.2. The lowest BCUT2D eigenvalue weighted by Crippen LogP contribution is -2.33. The van der Waals surface area contributed by atoms with E-state index in [1.165, 1.54) is 47.0 Å². The zero-order valence-corrected chi connectivity index (χ0v) is 20.5. The first-order chi connectivity index (χ1) is 15.1. The summed E-state index contributed by atoms with van der Waals surface area (Å²) >= 11 is 1.38. The molecule has 0 unspecified atom stereocenters. The number of anilines is 1. The van der Waals surface area contributed by atoms with Crippen molar-refractivity contribution in [1.29, 1.82) is 0 Å². The topological polar surface area (TPSA) is 113 Å². The van der Waals surface area contributed by atoms with E-state index in [4.69, 9.17) is 5.73 Å². The highest BCUT2D eigenvalue weighted by Gasteiger charge is 2.28. The number of hydrogen-bond acceptors (Lipinski definition) is 6. The number of carbonyl (C=O) groups excluding carboxylic acids is 2. The Hall–Kier alpha value is -2.27. The molecule has 1 aromatic heterocycles. The number of nitrogens with zero attached hydrogens (tertiary/aromatic N) is 2. The summed E-state index contributed by atoms with van der Waals surface area (Å²) in [6.07, 6.45) is 1.77. The molecule has 0 spiro atoms. The molecule has 0 atom stereocenters. The predicted octanol–water partition coefficient (Wildman–Crippen LogP) is 2.90. The Kier molecular flexibility index (Phi) is 7.39. The Labute approximate surface area is 193 Å². The number of nitrogens with one attached hydrogen (secondary N) is 1. The number of hydrogen-bond donors (Lipinski definition) is 2. The summed E-state index contributed by atoms with van der Waals surface area (Å²) in [6.45, 7) is 8.27. The molecule has 0 aliphatic carbocycles. The van der Waals surface area contributed by atoms with Crippen LogP contribution in [0, 0.1) is 0 Å². The Bertz CT molecular complexity index is 1110. The third-order valence-corrected chi connectivity index (χ3v) is 8.85. The van der Waals surface area contributed by atoms with Crippen LogP contribution in [0.1, 0.15) is 58.3 Å². The summed E-state index contributed by atoms with van der Waals surface area (Å²) in [5.41, 5.74) is 7.24. The van der Waals surface area contributed by atoms with E-state index < -0.39 is 21.8 Å². The zero-order valence-electron chi connectivity index (χ0n) is 18.8. The number of amides is 2. The van der Waals surface area contributed by atoms with Crippen molar-refractivity contribution in [2.75, 3.05) is 25.5 Å². The lowest BCUT2D eigenvalue weighted by Gasteiger charge is -2.26. The van der Waals surface area contributed by atoms with Gasteiger partial charge in [0.05, 0.1) is 10.5 Å². The molecule has 0 bridgehead atoms. The van der Waals surface area contributed by atoms with E-state index in [0.29, 0.717) is 16.1 Å². The number of thiophene rings is 1. The SMILES string of the molecule is CCCN1CCc2c(sc(NC(=O)c3ccc(S(=O)(=O)N(C)C(C)C)cc3)c2C(N)=O)C1. The summed E-state index contributed by atoms with van der Waals surface area (Å²) < 4.78 is 26.5. The van der Waals surface area contributed by atoms with Crippen LogP contribution in [0.2, 0.25) is 0 Å². The average Bonchev–Trinajstić information content (AvgIpc) is 3.10. The molecule has 10 heteroatoms. The van der Waals surface area contributed by atoms with Crippen molar-refractivity contribution in [1.82, 2.24) is 9.21 Å². The van der Waals surface area contributed by atoms with Gasteiger partial charge in [-0.3, -0.25) is 14.5 Å². The van der Waals surface area contributed by atoms with Crippen LogP contribution in [0.5, 0.6) is 0 Å². The minimum atomic E-state index is -3.63. The molecule has 0 saturated carbocycles. The first-order valence-corrected chi connectivity index (χ1v) is 12.9. The summed E-state index contributed by atoms with van der Waals surface area (Å²) in [6, 6.07) is 5.59. The van der Waals surface area contributed by atoms with Gasteiger partial charge in [-0.2, -0.15) is 4.31 Å². The van der Waals surface area contributed by atoms with E-state index in [1.54, 1.807) is 13.8 Å². The fraction of sp³-hybridized carbons (Fsp3) is 0.455. The molecule has 8 nitrogen and oxygen atoms in total. The maximum Gasteiger partial charge on any atom is 0.256 e. The number of carbonyl (C=O) groups is 2. The molecular weight excluding hydrogens is 448 g/mol. The number of fused-ring (bicyclic) bond motifs is 1. The molecule has 2 heterocycles. The number of benzene rings is 1. The summed E-state index contributed by atoms with van der Waals surface area (Å²) in [5, 5.41) is 3.26. The molecule has 2 aromatic rings. The van der Waals surface area contributed by atoms with Crippen LogP contribution >= 0.6 is 11.3 Å². The maximum absolute atomic E-state index is 12.8. The van der Waals surface area contributed by atoms with Crippen molar-refractivity contribution in [2.24, 2.45) is 5.73 Å². The van der Waals surface area contributed by atoms with Gasteiger partial charge in [0.2, 0.25) is 10.0 Å². The Morgan fingerprint density at radius 1 is 1.25 bits per heavy atom. The highest BCUT2D eigenvalue weighted by Crippen LogP contribution is 2.37. The number of primary amides is 1. The first kappa shape index (κ1) is 24.4. The first-order valence-electron chi connectivity index (χ1n) is 10.6. The van der Waals surface area contributed by atoms with Crippen LogP contribution in [-0.4, -0.2) is 55.6 Å². The van der Waals surface area contributed by atoms with Crippen molar-refractivity contribution in [3.05, 3.63) is 45.8 Å². The van der Waals surface area contributed by atoms with Crippen LogP contribution < -0.4 is 11.1 Å². The second-order valence-electron chi connectivity index (χ2n) is 8.19. The zero-order chi connectivity index (χ0) is 23.6. The molecule has 3 rings (SSSR count). The fourth-order valence-electron chi connectivity index (χ4n) is 3.71. The van der Waals surface area contributed by atoms with Gasteiger partial charge in [0, 0.05) is 36.6 Å². The molecule has 32 heavy (non-hydrogen) atoms. The van der Waals surface area contributed by atoms with Gasteiger partial charge < -0.3 is 11.1 Å². The van der Waals surface area contributed by atoms with Crippen LogP contribution in [0.3, 0.4) is 0 Å². The average molecular weight is 479 g/mol. The molecule has 1 aliphatic rings. The lowest BCUT2D eigenvalue weighted by atomic mass is 10.0. The van der Waals surface area contributed by atoms with Gasteiger partial charge in [0.25, 0.3) is 11.8 Å². The van der Waals surface area contributed by atoms with Gasteiger partial charge in [-0.1, -0.05) is 6.92 Å². The molecule has 2 amide bonds. The van der Waals surface area contributed by atoms with Crippen molar-refractivity contribution in [3.8, 4) is 0 Å². The molecule has 0 saturated heterocycles. The van der Waals surface area contributed by atoms with Gasteiger partial charge in [0.1, 0.15) is 5.00 Å². The van der Waals surface area contributed by atoms with Crippen LogP contribution in [0.4, 0.5) is 5.00 Å². The van der Waals surface area contributed by atoms with Gasteiger partial charge >= 0.3 is 0 Å². The smallest absolute Gasteiger partial charge is 0.256 e. The monoisotopic (exact) mass is 478 g/mol. The van der Waals surface area contributed by atoms with E-state index in [1.807, 2.05) is 0 Å². The van der Waals surface area contributed by atoms with Crippen LogP contribution in [-0.2, 0) is 23.0 Å². The minimum Gasteiger partial charge on any atom is -0.365 e. The van der Waals surface area contributed by atoms with E-state index in [0.717, 1.165) is 42.9 Å². The largest absolute Gasteiger partial charge is 0.365 e. The summed E-state index contributed by atoms with van der Waals surface area (Å²) in [4.78, 5) is 28.5. The molecule has 3 N–H and O–H groups in total. The van der Waals surface area contributed by atoms with Gasteiger partial charge in [-0.15, -0.1) is 11.3 Å². The fourth-order valence-corrected chi connectivity index (χ4v) is 6.37. The van der Waals surface area contributed by atoms with E-state index in [2.05, 4.69) is 17.1 Å². The molecule has 0 radical (unpaired) electrons. The second-order valence-corrected chi connectivity index (χ2v) is 11.3. The maximum atomic E-state index is 12.8. The third kappa shape index (κ3) is 4.88. The van der Waals surface area contributed by atoms with E-state index in [9.17, 15) is 18.0 Å². The lowest BCUT2D eigenvalue weighted by molar-refractivity contribution is 0.1000. The quantitative estimate of drug-likeness (QED) is 0.606. The number of rotatable bonds is 8. The van der Waals surface area contributed by atoms with Crippen molar-refractivity contribution >= 4 is 38.2 Å². The Balaban J connectivity index is 1.83. The normalized spacial score (nSPS) is 14.6. The second kappa shape index (κ2) is 9.70. The Morgan fingerprint density at radius 2 is 1.91 bits per heavy atom. The molecule has 174 valence electrons. The van der Waals surface area contributed by atoms with Gasteiger partial charge in [-0.25, -0.2) is 8.42 Å². The summed E-state index contributed by atoms with van der Waals surface area (Å²) in [5.74, 6) is -0.974. The molecular formula is C22H30N4O4S2. The number of nitrogens with two attached hydrogens (primary N) is 1. The van der Waals surface area contributed by atoms with Crippen molar-refractivity contribution in [2.45, 2.75) is 51.1 Å². The predicted molar refractivity (Wildman–Crippen MR) is 127 cm³/mol. The van der Waals surface area contributed by atoms with Crippen LogP contribution in [0.15, 0.2) is 29.2 Å². The van der Waals surface area contributed by atoms with E-state index >= 15 is 0 Å².